The van der Waals surface area contributed by atoms with Crippen molar-refractivity contribution in [2.75, 3.05) is 19.6 Å². The number of carbonyl (C=O) groups excluding carboxylic acids is 1. The van der Waals surface area contributed by atoms with Crippen LogP contribution in [0.4, 0.5) is 0 Å². The van der Waals surface area contributed by atoms with E-state index in [0.717, 1.165) is 56.8 Å². The minimum atomic E-state index is 0.0885. The molecule has 1 atom stereocenters. The fourth-order valence-corrected chi connectivity index (χ4v) is 4.01. The largest absolute Gasteiger partial charge is 0.335 e. The summed E-state index contributed by atoms with van der Waals surface area (Å²) in [5, 5.41) is 0. The first kappa shape index (κ1) is 15.5. The molecule has 4 heteroatoms. The molecule has 0 radical (unpaired) electrons. The zero-order chi connectivity index (χ0) is 15.7. The number of pyridine rings is 1. The van der Waals surface area contributed by atoms with Crippen molar-refractivity contribution in [3.05, 3.63) is 29.6 Å². The Labute approximate surface area is 133 Å². The molecule has 1 amide bonds. The molecule has 3 rings (SSSR count). The van der Waals surface area contributed by atoms with Gasteiger partial charge < -0.3 is 4.90 Å². The second-order valence-corrected chi connectivity index (χ2v) is 7.20. The average molecular weight is 301 g/mol. The first-order chi connectivity index (χ1) is 10.5. The fourth-order valence-electron chi connectivity index (χ4n) is 4.01. The summed E-state index contributed by atoms with van der Waals surface area (Å²) in [6, 6.07) is 6.21. The number of aromatic nitrogens is 1. The normalized spacial score (nSPS) is 25.5. The number of rotatable bonds is 3. The van der Waals surface area contributed by atoms with E-state index in [9.17, 15) is 4.79 Å². The van der Waals surface area contributed by atoms with Gasteiger partial charge in [0.1, 0.15) is 0 Å². The van der Waals surface area contributed by atoms with Gasteiger partial charge in [-0.25, -0.2) is 0 Å². The lowest BCUT2D eigenvalue weighted by molar-refractivity contribution is -0.138. The molecule has 22 heavy (non-hydrogen) atoms. The molecule has 0 aliphatic carbocycles. The summed E-state index contributed by atoms with van der Waals surface area (Å²) in [6.45, 7) is 9.96. The standard InChI is InChI=1S/C18H27N3O/c1-14(2)17(22)21-10-5-8-18(21)9-11-20(13-18)12-16-7-4-6-15(3)19-16/h4,6-7,14H,5,8-13H2,1-3H3. The molecule has 3 heterocycles. The van der Waals surface area contributed by atoms with Gasteiger partial charge in [0.25, 0.3) is 0 Å². The smallest absolute Gasteiger partial charge is 0.225 e. The Bertz CT molecular complexity index is 557. The predicted octanol–water partition coefficient (Wildman–Crippen LogP) is 2.61. The fraction of sp³-hybridized carbons (Fsp3) is 0.667. The van der Waals surface area contributed by atoms with Gasteiger partial charge in [0.05, 0.1) is 11.2 Å². The number of hydrogen-bond donors (Lipinski definition) is 0. The SMILES string of the molecule is Cc1cccc(CN2CCC3(CCCN3C(=O)C(C)C)C2)n1. The number of carbonyl (C=O) groups is 1. The third-order valence-electron chi connectivity index (χ3n) is 5.10. The van der Waals surface area contributed by atoms with Crippen molar-refractivity contribution in [2.45, 2.75) is 52.1 Å². The Morgan fingerprint density at radius 3 is 2.86 bits per heavy atom. The highest BCUT2D eigenvalue weighted by Gasteiger charge is 2.48. The van der Waals surface area contributed by atoms with Crippen LogP contribution in [0.3, 0.4) is 0 Å². The predicted molar refractivity (Wildman–Crippen MR) is 87.4 cm³/mol. The minimum Gasteiger partial charge on any atom is -0.335 e. The van der Waals surface area contributed by atoms with E-state index in [0.29, 0.717) is 5.91 Å². The topological polar surface area (TPSA) is 36.4 Å². The van der Waals surface area contributed by atoms with Crippen LogP contribution in [0.15, 0.2) is 18.2 Å². The number of nitrogens with zero attached hydrogens (tertiary/aromatic N) is 3. The van der Waals surface area contributed by atoms with Crippen molar-refractivity contribution < 1.29 is 4.79 Å². The highest BCUT2D eigenvalue weighted by Crippen LogP contribution is 2.38. The van der Waals surface area contributed by atoms with Crippen LogP contribution in [-0.2, 0) is 11.3 Å². The highest BCUT2D eigenvalue weighted by atomic mass is 16.2. The van der Waals surface area contributed by atoms with Crippen molar-refractivity contribution in [3.63, 3.8) is 0 Å². The van der Waals surface area contributed by atoms with Gasteiger partial charge in [-0.05, 0) is 38.3 Å². The molecular weight excluding hydrogens is 274 g/mol. The van der Waals surface area contributed by atoms with Crippen LogP contribution in [0.1, 0.15) is 44.5 Å². The van der Waals surface area contributed by atoms with Crippen LogP contribution in [0, 0.1) is 12.8 Å². The Hall–Kier alpha value is -1.42. The van der Waals surface area contributed by atoms with E-state index >= 15 is 0 Å². The molecule has 2 saturated heterocycles. The Morgan fingerprint density at radius 2 is 2.14 bits per heavy atom. The number of likely N-dealkylation sites (tertiary alicyclic amines) is 2. The van der Waals surface area contributed by atoms with E-state index in [-0.39, 0.29) is 11.5 Å². The molecule has 1 unspecified atom stereocenters. The van der Waals surface area contributed by atoms with Crippen LogP contribution in [0.5, 0.6) is 0 Å². The lowest BCUT2D eigenvalue weighted by Crippen LogP contribution is -2.50. The molecule has 1 spiro atoms. The molecule has 120 valence electrons. The van der Waals surface area contributed by atoms with E-state index in [2.05, 4.69) is 26.9 Å². The van der Waals surface area contributed by atoms with Crippen molar-refractivity contribution in [1.29, 1.82) is 0 Å². The third-order valence-corrected chi connectivity index (χ3v) is 5.10. The molecule has 0 saturated carbocycles. The van der Waals surface area contributed by atoms with Gasteiger partial charge in [-0.3, -0.25) is 14.7 Å². The Morgan fingerprint density at radius 1 is 1.32 bits per heavy atom. The molecule has 0 aromatic carbocycles. The zero-order valence-electron chi connectivity index (χ0n) is 14.0. The zero-order valence-corrected chi connectivity index (χ0v) is 14.0. The molecule has 1 aromatic heterocycles. The van der Waals surface area contributed by atoms with Gasteiger partial charge >= 0.3 is 0 Å². The summed E-state index contributed by atoms with van der Waals surface area (Å²) in [5.74, 6) is 0.426. The Balaban J connectivity index is 1.69. The molecular formula is C18H27N3O. The first-order valence-corrected chi connectivity index (χ1v) is 8.47. The second kappa shape index (κ2) is 5.99. The molecule has 2 fully saturated rings. The van der Waals surface area contributed by atoms with E-state index in [4.69, 9.17) is 0 Å². The van der Waals surface area contributed by atoms with E-state index in [1.165, 1.54) is 0 Å². The summed E-state index contributed by atoms with van der Waals surface area (Å²) in [6.07, 6.45) is 3.41. The average Bonchev–Trinajstić information content (AvgIpc) is 3.06. The van der Waals surface area contributed by atoms with Crippen molar-refractivity contribution in [3.8, 4) is 0 Å². The summed E-state index contributed by atoms with van der Waals surface area (Å²) < 4.78 is 0. The summed E-state index contributed by atoms with van der Waals surface area (Å²) in [5.41, 5.74) is 2.30. The quantitative estimate of drug-likeness (QED) is 0.861. The maximum atomic E-state index is 12.5. The van der Waals surface area contributed by atoms with E-state index in [1.807, 2.05) is 26.8 Å². The highest BCUT2D eigenvalue weighted by molar-refractivity contribution is 5.79. The van der Waals surface area contributed by atoms with Crippen LogP contribution in [0.2, 0.25) is 0 Å². The van der Waals surface area contributed by atoms with E-state index in [1.54, 1.807) is 0 Å². The number of amides is 1. The summed E-state index contributed by atoms with van der Waals surface area (Å²) in [7, 11) is 0. The molecule has 2 aliphatic rings. The van der Waals surface area contributed by atoms with Crippen LogP contribution in [-0.4, -0.2) is 45.9 Å². The lowest BCUT2D eigenvalue weighted by atomic mass is 9.94. The first-order valence-electron chi connectivity index (χ1n) is 8.47. The Kier molecular flexibility index (Phi) is 4.22. The monoisotopic (exact) mass is 301 g/mol. The molecule has 1 aromatic rings. The maximum Gasteiger partial charge on any atom is 0.225 e. The number of hydrogen-bond acceptors (Lipinski definition) is 3. The van der Waals surface area contributed by atoms with E-state index < -0.39 is 0 Å². The lowest BCUT2D eigenvalue weighted by Gasteiger charge is -2.36. The minimum absolute atomic E-state index is 0.0885. The van der Waals surface area contributed by atoms with Crippen molar-refractivity contribution in [1.82, 2.24) is 14.8 Å². The van der Waals surface area contributed by atoms with Crippen molar-refractivity contribution in [2.24, 2.45) is 5.92 Å². The van der Waals surface area contributed by atoms with Crippen LogP contribution < -0.4 is 0 Å². The molecule has 4 nitrogen and oxygen atoms in total. The maximum absolute atomic E-state index is 12.5. The molecule has 0 bridgehead atoms. The van der Waals surface area contributed by atoms with Gasteiger partial charge in [0.15, 0.2) is 0 Å². The third kappa shape index (κ3) is 2.89. The molecule has 0 N–H and O–H groups in total. The summed E-state index contributed by atoms with van der Waals surface area (Å²) >= 11 is 0. The van der Waals surface area contributed by atoms with Crippen molar-refractivity contribution >= 4 is 5.91 Å². The second-order valence-electron chi connectivity index (χ2n) is 7.20. The summed E-state index contributed by atoms with van der Waals surface area (Å²) in [4.78, 5) is 21.8. The van der Waals surface area contributed by atoms with Gasteiger partial charge in [0.2, 0.25) is 5.91 Å². The number of aryl methyl sites for hydroxylation is 1. The van der Waals surface area contributed by atoms with Gasteiger partial charge in [-0.15, -0.1) is 0 Å². The van der Waals surface area contributed by atoms with Crippen LogP contribution >= 0.6 is 0 Å². The van der Waals surface area contributed by atoms with Gasteiger partial charge in [-0.1, -0.05) is 19.9 Å². The van der Waals surface area contributed by atoms with Gasteiger partial charge in [0, 0.05) is 37.8 Å². The van der Waals surface area contributed by atoms with Gasteiger partial charge in [-0.2, -0.15) is 0 Å². The molecule has 2 aliphatic heterocycles. The van der Waals surface area contributed by atoms with Crippen LogP contribution in [0.25, 0.3) is 0 Å².